The molecule has 1 fully saturated rings. The van der Waals surface area contributed by atoms with Crippen molar-refractivity contribution in [3.63, 3.8) is 0 Å². The summed E-state index contributed by atoms with van der Waals surface area (Å²) in [6.45, 7) is 0.745. The van der Waals surface area contributed by atoms with Gasteiger partial charge in [0.1, 0.15) is 0 Å². The maximum atomic E-state index is 12.5. The molecule has 1 aromatic rings. The van der Waals surface area contributed by atoms with Crippen LogP contribution in [-0.2, 0) is 11.2 Å². The topological polar surface area (TPSA) is 66.6 Å². The lowest BCUT2D eigenvalue weighted by Crippen LogP contribution is -2.51. The zero-order chi connectivity index (χ0) is 15.1. The highest BCUT2D eigenvalue weighted by Gasteiger charge is 2.30. The average Bonchev–Trinajstić information content (AvgIpc) is 2.47. The highest BCUT2D eigenvalue weighted by molar-refractivity contribution is 5.82. The SMILES string of the molecule is NC(CCc1ccccc1)C(=O)N(CCCO)C1CCC1. The second-order valence-electron chi connectivity index (χ2n) is 5.82. The van der Waals surface area contributed by atoms with E-state index in [-0.39, 0.29) is 12.5 Å². The Labute approximate surface area is 126 Å². The Balaban J connectivity index is 1.86. The van der Waals surface area contributed by atoms with E-state index in [9.17, 15) is 4.79 Å². The van der Waals surface area contributed by atoms with Crippen LogP contribution in [0.1, 0.15) is 37.7 Å². The van der Waals surface area contributed by atoms with Crippen molar-refractivity contribution < 1.29 is 9.90 Å². The minimum Gasteiger partial charge on any atom is -0.396 e. The van der Waals surface area contributed by atoms with E-state index in [1.807, 2.05) is 23.1 Å². The van der Waals surface area contributed by atoms with Gasteiger partial charge in [0.2, 0.25) is 5.91 Å². The summed E-state index contributed by atoms with van der Waals surface area (Å²) in [5.41, 5.74) is 7.31. The van der Waals surface area contributed by atoms with Crippen LogP contribution in [-0.4, -0.2) is 41.1 Å². The Morgan fingerprint density at radius 3 is 2.62 bits per heavy atom. The largest absolute Gasteiger partial charge is 0.396 e. The fourth-order valence-corrected chi connectivity index (χ4v) is 2.72. The van der Waals surface area contributed by atoms with Crippen LogP contribution in [0.3, 0.4) is 0 Å². The monoisotopic (exact) mass is 290 g/mol. The van der Waals surface area contributed by atoms with Crippen LogP contribution in [0, 0.1) is 0 Å². The first-order chi connectivity index (χ1) is 10.2. The van der Waals surface area contributed by atoms with E-state index in [4.69, 9.17) is 10.8 Å². The molecule has 1 aliphatic rings. The van der Waals surface area contributed by atoms with Gasteiger partial charge in [0.25, 0.3) is 0 Å². The lowest BCUT2D eigenvalue weighted by atomic mass is 9.90. The molecule has 3 N–H and O–H groups in total. The highest BCUT2D eigenvalue weighted by atomic mass is 16.3. The number of benzene rings is 1. The highest BCUT2D eigenvalue weighted by Crippen LogP contribution is 2.25. The number of carbonyl (C=O) groups excluding carboxylic acids is 1. The van der Waals surface area contributed by atoms with E-state index >= 15 is 0 Å². The van der Waals surface area contributed by atoms with Crippen molar-refractivity contribution in [3.05, 3.63) is 35.9 Å². The molecule has 0 heterocycles. The lowest BCUT2D eigenvalue weighted by Gasteiger charge is -2.39. The molecule has 4 heteroatoms. The minimum absolute atomic E-state index is 0.0454. The number of hydrogen-bond acceptors (Lipinski definition) is 3. The van der Waals surface area contributed by atoms with Crippen molar-refractivity contribution in [2.24, 2.45) is 5.73 Å². The molecule has 1 amide bonds. The molecule has 4 nitrogen and oxygen atoms in total. The number of hydrogen-bond donors (Lipinski definition) is 2. The van der Waals surface area contributed by atoms with E-state index in [0.29, 0.717) is 25.4 Å². The lowest BCUT2D eigenvalue weighted by molar-refractivity contribution is -0.137. The Morgan fingerprint density at radius 2 is 2.05 bits per heavy atom. The summed E-state index contributed by atoms with van der Waals surface area (Å²) >= 11 is 0. The molecule has 2 rings (SSSR count). The first-order valence-electron chi connectivity index (χ1n) is 7.93. The van der Waals surface area contributed by atoms with Crippen LogP contribution >= 0.6 is 0 Å². The van der Waals surface area contributed by atoms with Gasteiger partial charge in [-0.2, -0.15) is 0 Å². The van der Waals surface area contributed by atoms with E-state index in [1.54, 1.807) is 0 Å². The molecule has 0 radical (unpaired) electrons. The molecule has 0 aromatic heterocycles. The van der Waals surface area contributed by atoms with E-state index in [1.165, 1.54) is 12.0 Å². The molecule has 1 saturated carbocycles. The maximum Gasteiger partial charge on any atom is 0.239 e. The standard InChI is InChI=1S/C17H26N2O2/c18-16(11-10-14-6-2-1-3-7-14)17(21)19(12-5-13-20)15-8-4-9-15/h1-3,6-7,15-16,20H,4-5,8-13,18H2. The number of amides is 1. The second-order valence-corrected chi connectivity index (χ2v) is 5.82. The number of rotatable bonds is 8. The zero-order valence-corrected chi connectivity index (χ0v) is 12.6. The summed E-state index contributed by atoms with van der Waals surface area (Å²) in [7, 11) is 0. The third kappa shape index (κ3) is 4.55. The molecule has 0 bridgehead atoms. The summed E-state index contributed by atoms with van der Waals surface area (Å²) in [5, 5.41) is 8.99. The van der Waals surface area contributed by atoms with Gasteiger partial charge in [0.05, 0.1) is 6.04 Å². The zero-order valence-electron chi connectivity index (χ0n) is 12.6. The summed E-state index contributed by atoms with van der Waals surface area (Å²) in [5.74, 6) is 0.0454. The first-order valence-corrected chi connectivity index (χ1v) is 7.93. The van der Waals surface area contributed by atoms with Crippen molar-refractivity contribution in [1.82, 2.24) is 4.90 Å². The van der Waals surface area contributed by atoms with E-state index < -0.39 is 6.04 Å². The molecule has 1 atom stereocenters. The fourth-order valence-electron chi connectivity index (χ4n) is 2.72. The fraction of sp³-hybridized carbons (Fsp3) is 0.588. The Morgan fingerprint density at radius 1 is 1.33 bits per heavy atom. The maximum absolute atomic E-state index is 12.5. The van der Waals surface area contributed by atoms with Crippen LogP contribution in [0.5, 0.6) is 0 Å². The van der Waals surface area contributed by atoms with E-state index in [2.05, 4.69) is 12.1 Å². The summed E-state index contributed by atoms with van der Waals surface area (Å²) in [4.78, 5) is 14.4. The van der Waals surface area contributed by atoms with Crippen molar-refractivity contribution in [3.8, 4) is 0 Å². The molecule has 1 aliphatic carbocycles. The molecular formula is C17H26N2O2. The Kier molecular flexibility index (Phi) is 6.21. The molecule has 0 saturated heterocycles. The number of nitrogens with zero attached hydrogens (tertiary/aromatic N) is 1. The number of aliphatic hydroxyl groups excluding tert-OH is 1. The minimum atomic E-state index is -0.440. The number of aryl methyl sites for hydroxylation is 1. The van der Waals surface area contributed by atoms with Gasteiger partial charge in [0, 0.05) is 19.2 Å². The third-order valence-electron chi connectivity index (χ3n) is 4.26. The van der Waals surface area contributed by atoms with Gasteiger partial charge in [-0.3, -0.25) is 4.79 Å². The van der Waals surface area contributed by atoms with Crippen LogP contribution in [0.25, 0.3) is 0 Å². The molecule has 0 spiro atoms. The molecule has 0 aliphatic heterocycles. The van der Waals surface area contributed by atoms with Gasteiger partial charge in [-0.1, -0.05) is 30.3 Å². The summed E-state index contributed by atoms with van der Waals surface area (Å²) in [6, 6.07) is 10.0. The van der Waals surface area contributed by atoms with Crippen molar-refractivity contribution in [1.29, 1.82) is 0 Å². The molecule has 116 valence electrons. The predicted octanol–water partition coefficient (Wildman–Crippen LogP) is 1.71. The van der Waals surface area contributed by atoms with Gasteiger partial charge < -0.3 is 15.7 Å². The van der Waals surface area contributed by atoms with Crippen molar-refractivity contribution >= 4 is 5.91 Å². The van der Waals surface area contributed by atoms with Gasteiger partial charge in [-0.15, -0.1) is 0 Å². The van der Waals surface area contributed by atoms with Crippen LogP contribution in [0.2, 0.25) is 0 Å². The number of carbonyl (C=O) groups is 1. The molecule has 1 unspecified atom stereocenters. The number of aliphatic hydroxyl groups is 1. The van der Waals surface area contributed by atoms with Crippen molar-refractivity contribution in [2.75, 3.05) is 13.2 Å². The van der Waals surface area contributed by atoms with Gasteiger partial charge in [-0.25, -0.2) is 0 Å². The van der Waals surface area contributed by atoms with E-state index in [0.717, 1.165) is 19.3 Å². The smallest absolute Gasteiger partial charge is 0.239 e. The van der Waals surface area contributed by atoms with Gasteiger partial charge in [-0.05, 0) is 44.1 Å². The Hall–Kier alpha value is -1.39. The molecule has 1 aromatic carbocycles. The number of nitrogens with two attached hydrogens (primary N) is 1. The average molecular weight is 290 g/mol. The molecule has 21 heavy (non-hydrogen) atoms. The van der Waals surface area contributed by atoms with Gasteiger partial charge >= 0.3 is 0 Å². The Bertz CT molecular complexity index is 432. The summed E-state index contributed by atoms with van der Waals surface area (Å²) in [6.07, 6.45) is 5.46. The predicted molar refractivity (Wildman–Crippen MR) is 83.8 cm³/mol. The second kappa shape index (κ2) is 8.15. The quantitative estimate of drug-likeness (QED) is 0.766. The normalized spacial score (nSPS) is 16.3. The van der Waals surface area contributed by atoms with Crippen LogP contribution in [0.15, 0.2) is 30.3 Å². The van der Waals surface area contributed by atoms with Crippen LogP contribution in [0.4, 0.5) is 0 Å². The van der Waals surface area contributed by atoms with Crippen molar-refractivity contribution in [2.45, 2.75) is 50.6 Å². The van der Waals surface area contributed by atoms with Gasteiger partial charge in [0.15, 0.2) is 0 Å². The summed E-state index contributed by atoms with van der Waals surface area (Å²) < 4.78 is 0. The molecular weight excluding hydrogens is 264 g/mol. The third-order valence-corrected chi connectivity index (χ3v) is 4.26. The first kappa shape index (κ1) is 16.0. The van der Waals surface area contributed by atoms with Crippen LogP contribution < -0.4 is 5.73 Å².